The minimum Gasteiger partial charge on any atom is -0.457 e. The van der Waals surface area contributed by atoms with Crippen molar-refractivity contribution in [3.63, 3.8) is 0 Å². The zero-order chi connectivity index (χ0) is 32.5. The van der Waals surface area contributed by atoms with Crippen molar-refractivity contribution >= 4 is 11.8 Å². The van der Waals surface area contributed by atoms with Crippen LogP contribution in [0.25, 0.3) is 0 Å². The summed E-state index contributed by atoms with van der Waals surface area (Å²) >= 11 is 0. The lowest BCUT2D eigenvalue weighted by molar-refractivity contribution is -0.245. The molecule has 1 N–H and O–H groups in total. The van der Waals surface area contributed by atoms with Crippen LogP contribution >= 0.6 is 0 Å². The van der Waals surface area contributed by atoms with E-state index >= 15 is 0 Å². The average molecular weight is 630 g/mol. The highest BCUT2D eigenvalue weighted by molar-refractivity contribution is 5.93. The van der Waals surface area contributed by atoms with E-state index in [1.54, 1.807) is 13.8 Å². The van der Waals surface area contributed by atoms with Crippen LogP contribution in [0.1, 0.15) is 107 Å². The number of carbonyl (C=O) groups is 2. The van der Waals surface area contributed by atoms with Crippen LogP contribution in [0.4, 0.5) is 0 Å². The fourth-order valence-electron chi connectivity index (χ4n) is 13.3. The van der Waals surface area contributed by atoms with E-state index in [9.17, 15) is 14.7 Å². The molecule has 13 atom stereocenters. The van der Waals surface area contributed by atoms with Gasteiger partial charge in [0, 0.05) is 31.3 Å². The van der Waals surface area contributed by atoms with Crippen molar-refractivity contribution in [1.29, 1.82) is 0 Å². The number of fused-ring (bicyclic) bond motifs is 4. The number of ether oxygens (including phenoxy) is 4. The third-order valence-electron chi connectivity index (χ3n) is 15.4. The summed E-state index contributed by atoms with van der Waals surface area (Å²) in [7, 11) is 2.14. The zero-order valence-corrected chi connectivity index (χ0v) is 29.3. The molecule has 7 aliphatic rings. The van der Waals surface area contributed by atoms with Gasteiger partial charge in [-0.25, -0.2) is 0 Å². The molecule has 0 aromatic heterocycles. The Kier molecular flexibility index (Phi) is 7.38. The van der Waals surface area contributed by atoms with Gasteiger partial charge in [0.2, 0.25) is 0 Å². The first-order valence-electron chi connectivity index (χ1n) is 18.0. The fraction of sp³-hybridized carbons (Fsp3) is 0.946. The summed E-state index contributed by atoms with van der Waals surface area (Å²) in [4.78, 5) is 29.3. The number of hydrogen-bond acceptors (Lipinski definition) is 8. The first-order chi connectivity index (χ1) is 20.9. The summed E-state index contributed by atoms with van der Waals surface area (Å²) in [5, 5.41) is 11.0. The molecule has 8 heteroatoms. The van der Waals surface area contributed by atoms with Gasteiger partial charge in [0.25, 0.3) is 0 Å². The normalized spacial score (nSPS) is 51.2. The van der Waals surface area contributed by atoms with Gasteiger partial charge in [0.15, 0.2) is 18.2 Å². The molecular weight excluding hydrogens is 570 g/mol. The maximum Gasteiger partial charge on any atom is 0.303 e. The molecule has 0 bridgehead atoms. The Balaban J connectivity index is 1.15. The van der Waals surface area contributed by atoms with Crippen molar-refractivity contribution in [3.8, 4) is 0 Å². The topological polar surface area (TPSA) is 94.5 Å². The molecule has 7 fully saturated rings. The van der Waals surface area contributed by atoms with Crippen molar-refractivity contribution in [2.45, 2.75) is 143 Å². The fourth-order valence-corrected chi connectivity index (χ4v) is 13.3. The van der Waals surface area contributed by atoms with Gasteiger partial charge in [-0.15, -0.1) is 0 Å². The molecule has 5 saturated carbocycles. The van der Waals surface area contributed by atoms with Gasteiger partial charge in [-0.2, -0.15) is 0 Å². The largest absolute Gasteiger partial charge is 0.457 e. The standard InChI is InChI=1S/C37H59NO7/c1-21-18-23(31(33(5,6)41)43-22(2)39)44-29-28(21)34(7)14-15-37-20-36(37)13-12-26(45-27-19-38(9)16-17-42-27)32(3,4)24(36)10-11-25(37)35(34,8)30(29)40/h21,23-29,31,41H,10-20H2,1-9H3/t21-,23?,24+,25?,26+,27?,28+,29?,31+,34-,35-,36?,37+/m1/s1. The van der Waals surface area contributed by atoms with Crippen LogP contribution in [0, 0.1) is 50.7 Å². The zero-order valence-electron chi connectivity index (χ0n) is 29.3. The lowest BCUT2D eigenvalue weighted by Crippen LogP contribution is -2.59. The molecule has 2 spiro atoms. The van der Waals surface area contributed by atoms with Crippen molar-refractivity contribution in [3.05, 3.63) is 0 Å². The second-order valence-electron chi connectivity index (χ2n) is 18.2. The number of esters is 1. The van der Waals surface area contributed by atoms with Crippen molar-refractivity contribution < 1.29 is 33.6 Å². The maximum absolute atomic E-state index is 15.0. The molecule has 2 aliphatic heterocycles. The number of nitrogens with zero attached hydrogens (tertiary/aromatic N) is 1. The van der Waals surface area contributed by atoms with Gasteiger partial charge in [0.05, 0.1) is 24.4 Å². The first kappa shape index (κ1) is 32.5. The van der Waals surface area contributed by atoms with Crippen LogP contribution in [-0.4, -0.2) is 84.8 Å². The van der Waals surface area contributed by atoms with Crippen LogP contribution in [0.5, 0.6) is 0 Å². The molecule has 8 nitrogen and oxygen atoms in total. The van der Waals surface area contributed by atoms with Gasteiger partial charge >= 0.3 is 5.97 Å². The van der Waals surface area contributed by atoms with E-state index in [0.717, 1.165) is 45.4 Å². The molecule has 0 aromatic rings. The number of aliphatic hydroxyl groups is 1. The van der Waals surface area contributed by atoms with E-state index in [1.165, 1.54) is 26.2 Å². The van der Waals surface area contributed by atoms with Crippen molar-refractivity contribution in [1.82, 2.24) is 4.90 Å². The minimum atomic E-state index is -1.28. The van der Waals surface area contributed by atoms with Gasteiger partial charge in [-0.1, -0.05) is 34.6 Å². The van der Waals surface area contributed by atoms with E-state index in [-0.39, 0.29) is 51.7 Å². The first-order valence-corrected chi connectivity index (χ1v) is 18.0. The Labute approximate surface area is 270 Å². The third-order valence-corrected chi connectivity index (χ3v) is 15.4. The summed E-state index contributed by atoms with van der Waals surface area (Å²) in [6, 6.07) is 0. The number of ketones is 1. The van der Waals surface area contributed by atoms with Gasteiger partial charge in [-0.3, -0.25) is 14.5 Å². The van der Waals surface area contributed by atoms with Gasteiger partial charge < -0.3 is 24.1 Å². The predicted octanol–water partition coefficient (Wildman–Crippen LogP) is 5.38. The number of carbonyl (C=O) groups excluding carboxylic acids is 2. The van der Waals surface area contributed by atoms with Crippen LogP contribution in [0.2, 0.25) is 0 Å². The third kappa shape index (κ3) is 4.33. The van der Waals surface area contributed by atoms with Crippen LogP contribution in [-0.2, 0) is 28.5 Å². The second kappa shape index (κ2) is 10.2. The highest BCUT2D eigenvalue weighted by Crippen LogP contribution is 2.89. The van der Waals surface area contributed by atoms with Gasteiger partial charge in [0.1, 0.15) is 6.10 Å². The second-order valence-corrected chi connectivity index (χ2v) is 18.2. The molecule has 5 unspecified atom stereocenters. The van der Waals surface area contributed by atoms with Crippen molar-refractivity contribution in [2.75, 3.05) is 26.7 Å². The van der Waals surface area contributed by atoms with Crippen LogP contribution in [0.3, 0.4) is 0 Å². The van der Waals surface area contributed by atoms with Gasteiger partial charge in [-0.05, 0) is 112 Å². The Morgan fingerprint density at radius 1 is 1.07 bits per heavy atom. The molecular formula is C37H59NO7. The lowest BCUT2D eigenvalue weighted by Gasteiger charge is -2.62. The van der Waals surface area contributed by atoms with E-state index in [4.69, 9.17) is 18.9 Å². The van der Waals surface area contributed by atoms with Crippen LogP contribution in [0.15, 0.2) is 0 Å². The molecule has 0 radical (unpaired) electrons. The quantitative estimate of drug-likeness (QED) is 0.405. The molecule has 7 rings (SSSR count). The molecule has 0 aromatic carbocycles. The maximum atomic E-state index is 15.0. The number of hydrogen-bond donors (Lipinski definition) is 1. The number of rotatable bonds is 5. The number of likely N-dealkylation sites (N-methyl/N-ethyl adjacent to an activating group) is 1. The van der Waals surface area contributed by atoms with E-state index in [0.29, 0.717) is 18.3 Å². The Morgan fingerprint density at radius 2 is 1.76 bits per heavy atom. The molecule has 2 saturated heterocycles. The molecule has 0 amide bonds. The minimum absolute atomic E-state index is 0.0507. The smallest absolute Gasteiger partial charge is 0.303 e. The average Bonchev–Trinajstić information content (AvgIpc) is 3.57. The monoisotopic (exact) mass is 629 g/mol. The Bertz CT molecular complexity index is 1230. The Hall–Kier alpha value is -1.06. The Morgan fingerprint density at radius 3 is 2.42 bits per heavy atom. The van der Waals surface area contributed by atoms with E-state index in [2.05, 4.69) is 46.6 Å². The summed E-state index contributed by atoms with van der Waals surface area (Å²) < 4.78 is 25.2. The summed E-state index contributed by atoms with van der Waals surface area (Å²) in [6.07, 6.45) is 6.82. The molecule has 45 heavy (non-hydrogen) atoms. The predicted molar refractivity (Wildman–Crippen MR) is 169 cm³/mol. The molecule has 2 heterocycles. The molecule has 254 valence electrons. The summed E-state index contributed by atoms with van der Waals surface area (Å²) in [5.74, 6) is 1.12. The highest BCUT2D eigenvalue weighted by atomic mass is 16.7. The van der Waals surface area contributed by atoms with Crippen LogP contribution < -0.4 is 0 Å². The number of morpholine rings is 1. The number of Topliss-reactive ketones (excluding diaryl/α,β-unsaturated/α-hetero) is 1. The summed E-state index contributed by atoms with van der Waals surface area (Å²) in [6.45, 7) is 19.1. The molecule has 5 aliphatic carbocycles. The van der Waals surface area contributed by atoms with Crippen molar-refractivity contribution in [2.24, 2.45) is 50.7 Å². The summed E-state index contributed by atoms with van der Waals surface area (Å²) in [5.41, 5.74) is -1.32. The van der Waals surface area contributed by atoms with E-state index in [1.807, 2.05) is 0 Å². The highest BCUT2D eigenvalue weighted by Gasteiger charge is 2.85. The SMILES string of the molecule is CC(=O)O[C@@H](C1C[C@@H](C)[C@H]2C(O1)C(=O)[C@@]1(C)C3CC[C@H]4C(C)(C)[C@@H](OC5CN(C)CCO5)CCC45C[C@@]35CC[C@]21C)C(C)(C)O. The lowest BCUT2D eigenvalue weighted by atomic mass is 9.41. The van der Waals surface area contributed by atoms with E-state index < -0.39 is 35.3 Å².